The van der Waals surface area contributed by atoms with Crippen LogP contribution in [0.5, 0.6) is 0 Å². The molecule has 0 heterocycles. The first-order valence-corrected chi connectivity index (χ1v) is 10.1. The van der Waals surface area contributed by atoms with Gasteiger partial charge in [0.25, 0.3) is 5.91 Å². The highest BCUT2D eigenvalue weighted by molar-refractivity contribution is 6.31. The van der Waals surface area contributed by atoms with E-state index in [0.29, 0.717) is 16.3 Å². The zero-order valence-corrected chi connectivity index (χ0v) is 17.7. The van der Waals surface area contributed by atoms with E-state index in [2.05, 4.69) is 16.2 Å². The van der Waals surface area contributed by atoms with Crippen LogP contribution in [0.15, 0.2) is 72.8 Å². The molecule has 31 heavy (non-hydrogen) atoms. The van der Waals surface area contributed by atoms with E-state index in [0.717, 1.165) is 16.7 Å². The second kappa shape index (κ2) is 10.4. The van der Waals surface area contributed by atoms with Crippen LogP contribution in [0.1, 0.15) is 28.8 Å². The molecule has 0 fully saturated rings. The lowest BCUT2D eigenvalue weighted by Gasteiger charge is -2.10. The highest BCUT2D eigenvalue weighted by Crippen LogP contribution is 2.23. The molecule has 0 radical (unpaired) electrons. The van der Waals surface area contributed by atoms with Crippen LogP contribution >= 0.6 is 11.6 Å². The minimum Gasteiger partial charge on any atom is -0.326 e. The van der Waals surface area contributed by atoms with E-state index < -0.39 is 11.8 Å². The van der Waals surface area contributed by atoms with Crippen LogP contribution in [-0.2, 0) is 9.59 Å². The second-order valence-corrected chi connectivity index (χ2v) is 7.31. The van der Waals surface area contributed by atoms with Crippen molar-refractivity contribution in [1.29, 1.82) is 0 Å². The van der Waals surface area contributed by atoms with E-state index in [1.54, 1.807) is 37.3 Å². The number of halogens is 1. The van der Waals surface area contributed by atoms with Crippen LogP contribution < -0.4 is 16.2 Å². The molecule has 0 spiro atoms. The van der Waals surface area contributed by atoms with Gasteiger partial charge in [0, 0.05) is 29.1 Å². The molecule has 0 bridgehead atoms. The molecule has 0 saturated heterocycles. The summed E-state index contributed by atoms with van der Waals surface area (Å²) in [4.78, 5) is 36.3. The van der Waals surface area contributed by atoms with Crippen LogP contribution in [0.2, 0.25) is 5.02 Å². The summed E-state index contributed by atoms with van der Waals surface area (Å²) < 4.78 is 0. The average Bonchev–Trinajstić information content (AvgIpc) is 2.80. The van der Waals surface area contributed by atoms with E-state index in [9.17, 15) is 14.4 Å². The number of nitrogens with one attached hydrogen (secondary N) is 3. The Kier molecular flexibility index (Phi) is 7.40. The Morgan fingerprint density at radius 3 is 2.10 bits per heavy atom. The maximum Gasteiger partial charge on any atom is 0.269 e. The lowest BCUT2D eigenvalue weighted by atomic mass is 10.0. The summed E-state index contributed by atoms with van der Waals surface area (Å²) in [6, 6.07) is 22.1. The molecule has 3 N–H and O–H groups in total. The molecule has 3 amide bonds. The van der Waals surface area contributed by atoms with Crippen molar-refractivity contribution in [3.63, 3.8) is 0 Å². The molecule has 6 nitrogen and oxygen atoms in total. The SMILES string of the molecule is Cc1c(Cl)cccc1NC(=O)CCC(=O)NNC(=O)c1ccc(-c2ccccc2)cc1. The third-order valence-electron chi connectivity index (χ3n) is 4.69. The molecule has 3 aromatic rings. The number of hydrazine groups is 1. The zero-order chi connectivity index (χ0) is 22.2. The Hall–Kier alpha value is -3.64. The summed E-state index contributed by atoms with van der Waals surface area (Å²) in [6.45, 7) is 1.80. The number of carbonyl (C=O) groups is 3. The van der Waals surface area contributed by atoms with Gasteiger partial charge in [0.1, 0.15) is 0 Å². The number of hydrogen-bond donors (Lipinski definition) is 3. The molecule has 0 aromatic heterocycles. The molecule has 7 heteroatoms. The largest absolute Gasteiger partial charge is 0.326 e. The van der Waals surface area contributed by atoms with Crippen molar-refractivity contribution < 1.29 is 14.4 Å². The van der Waals surface area contributed by atoms with Gasteiger partial charge in [-0.1, -0.05) is 60.1 Å². The van der Waals surface area contributed by atoms with Crippen LogP contribution in [0, 0.1) is 6.92 Å². The summed E-state index contributed by atoms with van der Waals surface area (Å²) in [5, 5.41) is 3.28. The normalized spacial score (nSPS) is 10.3. The van der Waals surface area contributed by atoms with Gasteiger partial charge in [-0.05, 0) is 47.9 Å². The van der Waals surface area contributed by atoms with E-state index in [1.165, 1.54) is 0 Å². The molecular formula is C24H22ClN3O3. The summed E-state index contributed by atoms with van der Waals surface area (Å²) in [5.74, 6) is -1.22. The monoisotopic (exact) mass is 435 g/mol. The second-order valence-electron chi connectivity index (χ2n) is 6.91. The Morgan fingerprint density at radius 2 is 1.39 bits per heavy atom. The predicted molar refractivity (Wildman–Crippen MR) is 122 cm³/mol. The van der Waals surface area contributed by atoms with Crippen molar-refractivity contribution in [1.82, 2.24) is 10.9 Å². The van der Waals surface area contributed by atoms with Gasteiger partial charge in [-0.3, -0.25) is 25.2 Å². The fraction of sp³-hybridized carbons (Fsp3) is 0.125. The Morgan fingerprint density at radius 1 is 0.742 bits per heavy atom. The van der Waals surface area contributed by atoms with Gasteiger partial charge in [-0.25, -0.2) is 0 Å². The number of benzene rings is 3. The van der Waals surface area contributed by atoms with Gasteiger partial charge in [0.05, 0.1) is 0 Å². The van der Waals surface area contributed by atoms with Crippen molar-refractivity contribution in [3.8, 4) is 11.1 Å². The molecule has 0 saturated carbocycles. The summed E-state index contributed by atoms with van der Waals surface area (Å²) >= 11 is 6.03. The minimum absolute atomic E-state index is 0.0283. The molecule has 3 aromatic carbocycles. The molecule has 0 atom stereocenters. The van der Waals surface area contributed by atoms with Gasteiger partial charge in [0.2, 0.25) is 11.8 Å². The Balaban J connectivity index is 1.44. The van der Waals surface area contributed by atoms with E-state index in [-0.39, 0.29) is 18.7 Å². The quantitative estimate of drug-likeness (QED) is 0.498. The molecular weight excluding hydrogens is 414 g/mol. The number of rotatable bonds is 6. The molecule has 0 aliphatic rings. The third-order valence-corrected chi connectivity index (χ3v) is 5.10. The smallest absolute Gasteiger partial charge is 0.269 e. The molecule has 158 valence electrons. The van der Waals surface area contributed by atoms with Gasteiger partial charge >= 0.3 is 0 Å². The number of carbonyl (C=O) groups excluding carboxylic acids is 3. The highest BCUT2D eigenvalue weighted by atomic mass is 35.5. The Labute approximate surface area is 185 Å². The van der Waals surface area contributed by atoms with Crippen molar-refractivity contribution >= 4 is 35.0 Å². The lowest BCUT2D eigenvalue weighted by molar-refractivity contribution is -0.124. The van der Waals surface area contributed by atoms with Crippen LogP contribution in [-0.4, -0.2) is 17.7 Å². The average molecular weight is 436 g/mol. The third kappa shape index (κ3) is 6.17. The van der Waals surface area contributed by atoms with Crippen LogP contribution in [0.3, 0.4) is 0 Å². The predicted octanol–water partition coefficient (Wildman–Crippen LogP) is 4.50. The fourth-order valence-electron chi connectivity index (χ4n) is 2.89. The maximum absolute atomic E-state index is 12.2. The van der Waals surface area contributed by atoms with Gasteiger partial charge in [-0.2, -0.15) is 0 Å². The molecule has 0 aliphatic heterocycles. The van der Waals surface area contributed by atoms with Gasteiger partial charge < -0.3 is 5.32 Å². The first-order valence-electron chi connectivity index (χ1n) is 9.73. The zero-order valence-electron chi connectivity index (χ0n) is 16.9. The Bertz CT molecular complexity index is 1080. The highest BCUT2D eigenvalue weighted by Gasteiger charge is 2.11. The van der Waals surface area contributed by atoms with Gasteiger partial charge in [0.15, 0.2) is 0 Å². The number of anilines is 1. The summed E-state index contributed by atoms with van der Waals surface area (Å²) in [6.07, 6.45) is -0.0991. The maximum atomic E-state index is 12.2. The van der Waals surface area contributed by atoms with Crippen LogP contribution in [0.4, 0.5) is 5.69 Å². The standard InChI is InChI=1S/C24H22ClN3O3/c1-16-20(25)8-5-9-21(16)26-22(29)14-15-23(30)27-28-24(31)19-12-10-18(11-13-19)17-6-3-2-4-7-17/h2-13H,14-15H2,1H3,(H,26,29)(H,27,30)(H,28,31). The number of amides is 3. The van der Waals surface area contributed by atoms with E-state index >= 15 is 0 Å². The van der Waals surface area contributed by atoms with E-state index in [4.69, 9.17) is 11.6 Å². The topological polar surface area (TPSA) is 87.3 Å². The van der Waals surface area contributed by atoms with Crippen LogP contribution in [0.25, 0.3) is 11.1 Å². The molecule has 0 aliphatic carbocycles. The minimum atomic E-state index is -0.466. The first-order chi connectivity index (χ1) is 14.9. The van der Waals surface area contributed by atoms with Crippen molar-refractivity contribution in [2.24, 2.45) is 0 Å². The molecule has 3 rings (SSSR count). The molecule has 0 unspecified atom stereocenters. The first kappa shape index (κ1) is 22.1. The summed E-state index contributed by atoms with van der Waals surface area (Å²) in [5.41, 5.74) is 8.50. The number of hydrogen-bond acceptors (Lipinski definition) is 3. The fourth-order valence-corrected chi connectivity index (χ4v) is 3.06. The van der Waals surface area contributed by atoms with Crippen molar-refractivity contribution in [3.05, 3.63) is 88.9 Å². The van der Waals surface area contributed by atoms with E-state index in [1.807, 2.05) is 42.5 Å². The van der Waals surface area contributed by atoms with Crippen molar-refractivity contribution in [2.45, 2.75) is 19.8 Å². The summed E-state index contributed by atoms with van der Waals surface area (Å²) in [7, 11) is 0. The lowest BCUT2D eigenvalue weighted by Crippen LogP contribution is -2.41. The van der Waals surface area contributed by atoms with Crippen molar-refractivity contribution in [2.75, 3.05) is 5.32 Å². The van der Waals surface area contributed by atoms with Gasteiger partial charge in [-0.15, -0.1) is 0 Å².